The van der Waals surface area contributed by atoms with Crippen LogP contribution in [0.5, 0.6) is 0 Å². The van der Waals surface area contributed by atoms with E-state index in [1.807, 2.05) is 18.2 Å². The number of ether oxygens (including phenoxy) is 3. The average molecular weight is 330 g/mol. The molecule has 0 spiro atoms. The first-order chi connectivity index (χ1) is 11.8. The van der Waals surface area contributed by atoms with E-state index >= 15 is 0 Å². The van der Waals surface area contributed by atoms with Gasteiger partial charge >= 0.3 is 0 Å². The molecule has 4 heteroatoms. The van der Waals surface area contributed by atoms with Gasteiger partial charge in [0.25, 0.3) is 0 Å². The summed E-state index contributed by atoms with van der Waals surface area (Å²) in [6.07, 6.45) is 7.42. The predicted octanol–water partition coefficient (Wildman–Crippen LogP) is 3.22. The molecule has 0 aliphatic heterocycles. The minimum atomic E-state index is 0.591. The van der Waals surface area contributed by atoms with E-state index < -0.39 is 0 Å². The minimum Gasteiger partial charge on any atom is -0.489 e. The molecule has 0 saturated heterocycles. The van der Waals surface area contributed by atoms with Crippen molar-refractivity contribution in [2.75, 3.05) is 47.1 Å². The summed E-state index contributed by atoms with van der Waals surface area (Å²) >= 11 is 0. The number of methoxy groups -OCH3 is 2. The van der Waals surface area contributed by atoms with Crippen molar-refractivity contribution in [3.63, 3.8) is 0 Å². The Bertz CT molecular complexity index is 517. The van der Waals surface area contributed by atoms with Crippen molar-refractivity contribution in [1.29, 1.82) is 0 Å². The molecule has 0 heterocycles. The Hall–Kier alpha value is -1.62. The molecule has 1 aromatic carbocycles. The number of benzene rings is 1. The SMILES string of the molecule is COCCN(CCOC)CC1=CC[CH]C=C1OCc1ccccc1. The smallest absolute Gasteiger partial charge is 0.120 e. The summed E-state index contributed by atoms with van der Waals surface area (Å²) in [5.74, 6) is 0.963. The maximum atomic E-state index is 6.06. The summed E-state index contributed by atoms with van der Waals surface area (Å²) in [5, 5.41) is 0. The Morgan fingerprint density at radius 1 is 1.00 bits per heavy atom. The normalized spacial score (nSPS) is 14.5. The largest absolute Gasteiger partial charge is 0.489 e. The second kappa shape index (κ2) is 11.0. The van der Waals surface area contributed by atoms with Crippen molar-refractivity contribution in [1.82, 2.24) is 4.90 Å². The molecule has 0 saturated carbocycles. The van der Waals surface area contributed by atoms with Crippen LogP contribution in [0.1, 0.15) is 12.0 Å². The van der Waals surface area contributed by atoms with Crippen molar-refractivity contribution in [2.24, 2.45) is 0 Å². The van der Waals surface area contributed by atoms with Gasteiger partial charge in [-0.1, -0.05) is 36.4 Å². The van der Waals surface area contributed by atoms with Gasteiger partial charge in [0.15, 0.2) is 0 Å². The minimum absolute atomic E-state index is 0.591. The molecular formula is C20H28NO3. The lowest BCUT2D eigenvalue weighted by Gasteiger charge is -2.25. The zero-order valence-corrected chi connectivity index (χ0v) is 14.7. The summed E-state index contributed by atoms with van der Waals surface area (Å²) in [5.41, 5.74) is 2.42. The van der Waals surface area contributed by atoms with Crippen LogP contribution < -0.4 is 0 Å². The summed E-state index contributed by atoms with van der Waals surface area (Å²) in [7, 11) is 3.47. The Morgan fingerprint density at radius 2 is 1.71 bits per heavy atom. The zero-order chi connectivity index (χ0) is 17.0. The maximum absolute atomic E-state index is 6.06. The van der Waals surface area contributed by atoms with Gasteiger partial charge in [-0.05, 0) is 24.5 Å². The lowest BCUT2D eigenvalue weighted by atomic mass is 10.0. The molecule has 0 bridgehead atoms. The van der Waals surface area contributed by atoms with Crippen LogP contribution >= 0.6 is 0 Å². The van der Waals surface area contributed by atoms with E-state index in [1.54, 1.807) is 14.2 Å². The summed E-state index contributed by atoms with van der Waals surface area (Å²) in [4.78, 5) is 2.34. The van der Waals surface area contributed by atoms with E-state index in [9.17, 15) is 0 Å². The molecule has 1 aliphatic rings. The van der Waals surface area contributed by atoms with Gasteiger partial charge in [-0.25, -0.2) is 0 Å². The lowest BCUT2D eigenvalue weighted by molar-refractivity contribution is 0.117. The Labute approximate surface area is 145 Å². The van der Waals surface area contributed by atoms with E-state index in [-0.39, 0.29) is 0 Å². The fourth-order valence-corrected chi connectivity index (χ4v) is 2.56. The van der Waals surface area contributed by atoms with Crippen molar-refractivity contribution in [3.05, 3.63) is 65.8 Å². The fourth-order valence-electron chi connectivity index (χ4n) is 2.56. The van der Waals surface area contributed by atoms with Crippen molar-refractivity contribution >= 4 is 0 Å². The quantitative estimate of drug-likeness (QED) is 0.623. The molecule has 1 radical (unpaired) electrons. The van der Waals surface area contributed by atoms with Gasteiger partial charge in [-0.15, -0.1) is 0 Å². The molecule has 1 aromatic rings. The molecule has 0 fully saturated rings. The van der Waals surface area contributed by atoms with Crippen LogP contribution in [0.25, 0.3) is 0 Å². The third-order valence-corrected chi connectivity index (χ3v) is 3.94. The van der Waals surface area contributed by atoms with Crippen molar-refractivity contribution < 1.29 is 14.2 Å². The molecule has 0 aromatic heterocycles. The van der Waals surface area contributed by atoms with E-state index in [2.05, 4.69) is 35.6 Å². The predicted molar refractivity (Wildman–Crippen MR) is 96.5 cm³/mol. The van der Waals surface area contributed by atoms with Crippen LogP contribution in [-0.2, 0) is 20.8 Å². The van der Waals surface area contributed by atoms with Gasteiger partial charge in [0.2, 0.25) is 0 Å². The summed E-state index contributed by atoms with van der Waals surface area (Å²) < 4.78 is 16.5. The molecule has 24 heavy (non-hydrogen) atoms. The van der Waals surface area contributed by atoms with Crippen LogP contribution in [-0.4, -0.2) is 52.0 Å². The molecule has 4 nitrogen and oxygen atoms in total. The van der Waals surface area contributed by atoms with Crippen LogP contribution in [0, 0.1) is 6.42 Å². The number of hydrogen-bond acceptors (Lipinski definition) is 4. The third-order valence-electron chi connectivity index (χ3n) is 3.94. The molecule has 0 atom stereocenters. The zero-order valence-electron chi connectivity index (χ0n) is 14.7. The topological polar surface area (TPSA) is 30.9 Å². The van der Waals surface area contributed by atoms with E-state index in [0.717, 1.165) is 31.8 Å². The van der Waals surface area contributed by atoms with Gasteiger partial charge in [0.1, 0.15) is 12.4 Å². The van der Waals surface area contributed by atoms with Crippen molar-refractivity contribution in [3.8, 4) is 0 Å². The molecule has 131 valence electrons. The first kappa shape index (κ1) is 18.7. The van der Waals surface area contributed by atoms with E-state index in [0.29, 0.717) is 19.8 Å². The van der Waals surface area contributed by atoms with Gasteiger partial charge in [0, 0.05) is 39.4 Å². The second-order valence-electron chi connectivity index (χ2n) is 5.77. The molecule has 0 unspecified atom stereocenters. The Balaban J connectivity index is 1.92. The average Bonchev–Trinajstić information content (AvgIpc) is 2.64. The van der Waals surface area contributed by atoms with Crippen LogP contribution in [0.2, 0.25) is 0 Å². The lowest BCUT2D eigenvalue weighted by Crippen LogP contribution is -2.33. The number of rotatable bonds is 11. The van der Waals surface area contributed by atoms with E-state index in [1.165, 1.54) is 11.1 Å². The number of hydrogen-bond donors (Lipinski definition) is 0. The highest BCUT2D eigenvalue weighted by Crippen LogP contribution is 2.22. The molecule has 0 N–H and O–H groups in total. The first-order valence-electron chi connectivity index (χ1n) is 8.43. The van der Waals surface area contributed by atoms with Crippen LogP contribution in [0.4, 0.5) is 0 Å². The van der Waals surface area contributed by atoms with Gasteiger partial charge in [-0.2, -0.15) is 0 Å². The van der Waals surface area contributed by atoms with Crippen LogP contribution in [0.15, 0.2) is 53.8 Å². The number of allylic oxidation sites excluding steroid dienone is 2. The number of nitrogens with zero attached hydrogens (tertiary/aromatic N) is 1. The van der Waals surface area contributed by atoms with Gasteiger partial charge < -0.3 is 14.2 Å². The Kier molecular flexibility index (Phi) is 8.60. The highest BCUT2D eigenvalue weighted by molar-refractivity contribution is 5.34. The van der Waals surface area contributed by atoms with Gasteiger partial charge in [0.05, 0.1) is 13.2 Å². The monoisotopic (exact) mass is 330 g/mol. The summed E-state index contributed by atoms with van der Waals surface area (Å²) in [6, 6.07) is 10.3. The first-order valence-corrected chi connectivity index (χ1v) is 8.43. The standard InChI is InChI=1S/C20H28NO3/c1-22-14-12-21(13-15-23-2)16-19-10-6-7-11-20(19)24-17-18-8-4-3-5-9-18/h3-5,7-11H,6,12-17H2,1-2H3. The molecular weight excluding hydrogens is 302 g/mol. The highest BCUT2D eigenvalue weighted by atomic mass is 16.5. The summed E-state index contributed by atoms with van der Waals surface area (Å²) in [6.45, 7) is 4.63. The van der Waals surface area contributed by atoms with Crippen LogP contribution in [0.3, 0.4) is 0 Å². The highest BCUT2D eigenvalue weighted by Gasteiger charge is 2.15. The van der Waals surface area contributed by atoms with E-state index in [4.69, 9.17) is 14.2 Å². The van der Waals surface area contributed by atoms with Crippen molar-refractivity contribution in [2.45, 2.75) is 13.0 Å². The third kappa shape index (κ3) is 6.48. The van der Waals surface area contributed by atoms with Gasteiger partial charge in [-0.3, -0.25) is 4.90 Å². The molecule has 2 rings (SSSR count). The molecule has 0 amide bonds. The Morgan fingerprint density at radius 3 is 2.38 bits per heavy atom. The maximum Gasteiger partial charge on any atom is 0.120 e. The second-order valence-corrected chi connectivity index (χ2v) is 5.77. The fraction of sp³-hybridized carbons (Fsp3) is 0.450. The molecule has 1 aliphatic carbocycles.